The van der Waals surface area contributed by atoms with Gasteiger partial charge in [-0.1, -0.05) is 6.07 Å². The number of carbonyl (C=O) groups is 1. The van der Waals surface area contributed by atoms with Gasteiger partial charge >= 0.3 is 6.08 Å². The molecule has 3 N–H and O–H groups in total. The van der Waals surface area contributed by atoms with Crippen LogP contribution in [0.3, 0.4) is 0 Å². The first-order chi connectivity index (χ1) is 13.5. The molecule has 2 heterocycles. The molecule has 10 heteroatoms. The number of hydrogen-bond acceptors (Lipinski definition) is 5. The summed E-state index contributed by atoms with van der Waals surface area (Å²) in [6.45, 7) is 0.662. The normalized spacial score (nSPS) is 15.8. The van der Waals surface area contributed by atoms with E-state index in [1.54, 1.807) is 4.57 Å². The fourth-order valence-corrected chi connectivity index (χ4v) is 4.30. The van der Waals surface area contributed by atoms with E-state index < -0.39 is 12.2 Å². The lowest BCUT2D eigenvalue weighted by Gasteiger charge is -2.12. The number of benzene rings is 1. The number of imidazole rings is 1. The van der Waals surface area contributed by atoms with Crippen LogP contribution in [-0.2, 0) is 24.2 Å². The van der Waals surface area contributed by atoms with Crippen molar-refractivity contribution in [3.8, 4) is 0 Å². The molecule has 3 aromatic rings. The van der Waals surface area contributed by atoms with Crippen LogP contribution in [-0.4, -0.2) is 32.5 Å². The van der Waals surface area contributed by atoms with Crippen molar-refractivity contribution in [3.05, 3.63) is 44.3 Å². The molecule has 146 valence electrons. The molecule has 1 unspecified atom stereocenters. The van der Waals surface area contributed by atoms with E-state index in [0.29, 0.717) is 43.7 Å². The monoisotopic (exact) mass is 498 g/mol. The van der Waals surface area contributed by atoms with Gasteiger partial charge in [-0.15, -0.1) is 0 Å². The number of hydrogen-bond donors (Lipinski definition) is 2. The van der Waals surface area contributed by atoms with Gasteiger partial charge in [0.25, 0.3) is 0 Å². The summed E-state index contributed by atoms with van der Waals surface area (Å²) in [6.07, 6.45) is 0.361. The number of halogens is 3. The van der Waals surface area contributed by atoms with Crippen molar-refractivity contribution in [1.29, 1.82) is 0 Å². The van der Waals surface area contributed by atoms with Crippen molar-refractivity contribution in [2.24, 2.45) is 0 Å². The average molecular weight is 498 g/mol. The number of carbonyl (C=O) groups excluding carboxylic acids is 1. The van der Waals surface area contributed by atoms with Gasteiger partial charge in [-0.3, -0.25) is 4.79 Å². The van der Waals surface area contributed by atoms with Gasteiger partial charge in [0.15, 0.2) is 17.0 Å². The van der Waals surface area contributed by atoms with Gasteiger partial charge in [0.2, 0.25) is 6.41 Å². The van der Waals surface area contributed by atoms with Crippen LogP contribution in [0.15, 0.2) is 12.1 Å². The highest BCUT2D eigenvalue weighted by molar-refractivity contribution is 14.1. The minimum Gasteiger partial charge on any atom is -0.382 e. The molecular formula is C18H17F2IN6O. The van der Waals surface area contributed by atoms with Gasteiger partial charge in [-0.05, 0) is 58.2 Å². The van der Waals surface area contributed by atoms with Gasteiger partial charge in [0.05, 0.1) is 0 Å². The number of nitrogens with zero attached hydrogens (tertiary/aromatic N) is 4. The second-order valence-corrected chi connectivity index (χ2v) is 7.79. The Balaban J connectivity index is 1.78. The Labute approximate surface area is 172 Å². The Hall–Kier alpha value is -2.37. The Bertz CT molecular complexity index is 1070. The summed E-state index contributed by atoms with van der Waals surface area (Å²) in [4.78, 5) is 22.5. The zero-order chi connectivity index (χ0) is 19.8. The van der Waals surface area contributed by atoms with Crippen molar-refractivity contribution >= 4 is 46.0 Å². The largest absolute Gasteiger partial charge is 0.382 e. The first-order valence-electron chi connectivity index (χ1n) is 8.78. The van der Waals surface area contributed by atoms with Crippen molar-refractivity contribution in [2.75, 3.05) is 12.3 Å². The molecule has 0 radical (unpaired) electrons. The van der Waals surface area contributed by atoms with Crippen molar-refractivity contribution in [3.63, 3.8) is 0 Å². The summed E-state index contributed by atoms with van der Waals surface area (Å²) >= 11 is 2.23. The molecule has 0 saturated heterocycles. The number of fused-ring (bicyclic) bond motifs is 2. The molecule has 1 aliphatic carbocycles. The minimum atomic E-state index is -0.947. The number of nitrogens with one attached hydrogen (secondary N) is 1. The highest BCUT2D eigenvalue weighted by Gasteiger charge is 2.24. The van der Waals surface area contributed by atoms with Crippen LogP contribution >= 0.6 is 22.6 Å². The van der Waals surface area contributed by atoms with Gasteiger partial charge in [0, 0.05) is 23.1 Å². The molecule has 7 nitrogen and oxygen atoms in total. The van der Waals surface area contributed by atoms with Gasteiger partial charge < -0.3 is 15.6 Å². The van der Waals surface area contributed by atoms with E-state index in [2.05, 4.69) is 42.9 Å². The predicted octanol–water partition coefficient (Wildman–Crippen LogP) is 2.45. The molecule has 0 aliphatic heterocycles. The standard InChI is InChI=1S/C18H17F2IN6O/c19-12-2-1-9-6-13(21)10(5-11(9)12)7-14-24-15-16(22)25-18(20)26-17(15)27(14)4-3-23-8-28/h5-6,8,12H,1-4,7H2,(H,23,28)(H2,22,25,26). The van der Waals surface area contributed by atoms with Crippen LogP contribution in [0.2, 0.25) is 0 Å². The fraction of sp³-hybridized carbons (Fsp3) is 0.333. The molecule has 0 fully saturated rings. The van der Waals surface area contributed by atoms with Crippen LogP contribution in [0, 0.1) is 9.65 Å². The highest BCUT2D eigenvalue weighted by Crippen LogP contribution is 2.36. The Morgan fingerprint density at radius 1 is 1.36 bits per heavy atom. The van der Waals surface area contributed by atoms with E-state index >= 15 is 0 Å². The van der Waals surface area contributed by atoms with E-state index in [0.717, 1.165) is 26.7 Å². The molecule has 4 rings (SSSR count). The molecule has 1 aliphatic rings. The third-order valence-corrected chi connectivity index (χ3v) is 5.90. The lowest BCUT2D eigenvalue weighted by atomic mass is 10.0. The molecule has 0 spiro atoms. The summed E-state index contributed by atoms with van der Waals surface area (Å²) in [5.41, 5.74) is 9.10. The third kappa shape index (κ3) is 3.40. The zero-order valence-corrected chi connectivity index (χ0v) is 16.9. The maximum atomic E-state index is 14.2. The van der Waals surface area contributed by atoms with Crippen molar-refractivity contribution in [1.82, 2.24) is 24.8 Å². The number of alkyl halides is 1. The first-order valence-corrected chi connectivity index (χ1v) is 9.86. The maximum Gasteiger partial charge on any atom is 0.312 e. The molecule has 1 amide bonds. The second-order valence-electron chi connectivity index (χ2n) is 6.63. The number of aromatic nitrogens is 4. The van der Waals surface area contributed by atoms with Crippen LogP contribution in [0.4, 0.5) is 14.6 Å². The van der Waals surface area contributed by atoms with E-state index in [4.69, 9.17) is 5.73 Å². The van der Waals surface area contributed by atoms with Gasteiger partial charge in [-0.25, -0.2) is 9.37 Å². The number of amides is 1. The number of nitrogens with two attached hydrogens (primary N) is 1. The number of aryl methyl sites for hydroxylation is 1. The summed E-state index contributed by atoms with van der Waals surface area (Å²) < 4.78 is 30.6. The summed E-state index contributed by atoms with van der Waals surface area (Å²) in [7, 11) is 0. The number of rotatable bonds is 6. The van der Waals surface area contributed by atoms with Gasteiger partial charge in [-0.2, -0.15) is 14.4 Å². The molecule has 28 heavy (non-hydrogen) atoms. The van der Waals surface area contributed by atoms with Crippen molar-refractivity contribution < 1.29 is 13.6 Å². The predicted molar refractivity (Wildman–Crippen MR) is 108 cm³/mol. The molecule has 1 aromatic carbocycles. The quantitative estimate of drug-likeness (QED) is 0.236. The summed E-state index contributed by atoms with van der Waals surface area (Å²) in [5.74, 6) is 0.555. The number of nitrogen functional groups attached to an aromatic ring is 1. The molecule has 0 bridgehead atoms. The van der Waals surface area contributed by atoms with Crippen LogP contribution in [0.25, 0.3) is 11.2 Å². The van der Waals surface area contributed by atoms with E-state index in [1.165, 1.54) is 0 Å². The molecule has 0 saturated carbocycles. The number of anilines is 1. The molecule has 2 aromatic heterocycles. The smallest absolute Gasteiger partial charge is 0.312 e. The van der Waals surface area contributed by atoms with E-state index in [-0.39, 0.29) is 11.5 Å². The molecular weight excluding hydrogens is 481 g/mol. The van der Waals surface area contributed by atoms with Crippen molar-refractivity contribution in [2.45, 2.75) is 32.0 Å². The molecule has 1 atom stereocenters. The lowest BCUT2D eigenvalue weighted by molar-refractivity contribution is -0.109. The summed E-state index contributed by atoms with van der Waals surface area (Å²) in [6, 6.07) is 3.90. The maximum absolute atomic E-state index is 14.2. The second kappa shape index (κ2) is 7.57. The summed E-state index contributed by atoms with van der Waals surface area (Å²) in [5, 5.41) is 2.57. The SMILES string of the molecule is Nc1nc(F)nc2c1nc(Cc1cc3c(cc1I)CCC3F)n2CCNC=O. The zero-order valence-electron chi connectivity index (χ0n) is 14.8. The first kappa shape index (κ1) is 19.0. The Morgan fingerprint density at radius 3 is 2.96 bits per heavy atom. The van der Waals surface area contributed by atoms with Gasteiger partial charge in [0.1, 0.15) is 12.0 Å². The van der Waals surface area contributed by atoms with Crippen LogP contribution in [0.1, 0.15) is 35.1 Å². The van der Waals surface area contributed by atoms with Crippen LogP contribution < -0.4 is 11.1 Å². The minimum absolute atomic E-state index is 0.0432. The highest BCUT2D eigenvalue weighted by atomic mass is 127. The Kier molecular flexibility index (Phi) is 5.13. The van der Waals surface area contributed by atoms with E-state index in [1.807, 2.05) is 12.1 Å². The third-order valence-electron chi connectivity index (χ3n) is 4.90. The topological polar surface area (TPSA) is 98.7 Å². The van der Waals surface area contributed by atoms with Crippen LogP contribution in [0.5, 0.6) is 0 Å². The average Bonchev–Trinajstić information content (AvgIpc) is 3.17. The van der Waals surface area contributed by atoms with E-state index in [9.17, 15) is 13.6 Å². The fourth-order valence-electron chi connectivity index (χ4n) is 3.57. The lowest BCUT2D eigenvalue weighted by Crippen LogP contribution is -2.19. The Morgan fingerprint density at radius 2 is 2.18 bits per heavy atom.